The van der Waals surface area contributed by atoms with Crippen LogP contribution in [0.1, 0.15) is 30.6 Å². The molecule has 1 aliphatic heterocycles. The molecule has 11 heteroatoms. The Labute approximate surface area is 198 Å². The van der Waals surface area contributed by atoms with Gasteiger partial charge >= 0.3 is 6.18 Å². The van der Waals surface area contributed by atoms with Crippen molar-refractivity contribution < 1.29 is 37.0 Å². The summed E-state index contributed by atoms with van der Waals surface area (Å²) in [4.78, 5) is 28.4. The fourth-order valence-electron chi connectivity index (χ4n) is 3.84. The van der Waals surface area contributed by atoms with E-state index in [1.165, 1.54) is 25.2 Å². The third-order valence-corrected chi connectivity index (χ3v) is 5.82. The van der Waals surface area contributed by atoms with E-state index in [0.717, 1.165) is 0 Å². The van der Waals surface area contributed by atoms with Crippen molar-refractivity contribution in [1.29, 1.82) is 0 Å². The summed E-state index contributed by atoms with van der Waals surface area (Å²) in [6.45, 7) is 4.06. The molecule has 34 heavy (non-hydrogen) atoms. The van der Waals surface area contributed by atoms with E-state index in [0.29, 0.717) is 12.2 Å². The van der Waals surface area contributed by atoms with Crippen LogP contribution >= 0.6 is 0 Å². The minimum Gasteiger partial charge on any atom is -0.491 e. The molecule has 0 fully saturated rings. The Hall–Kier alpha value is -2.37. The predicted molar refractivity (Wildman–Crippen MR) is 121 cm³/mol. The van der Waals surface area contributed by atoms with Gasteiger partial charge in [0.2, 0.25) is 5.91 Å². The van der Waals surface area contributed by atoms with Gasteiger partial charge < -0.3 is 24.4 Å². The molecule has 0 bridgehead atoms. The molecule has 3 atom stereocenters. The van der Waals surface area contributed by atoms with Crippen LogP contribution in [0.2, 0.25) is 0 Å². The van der Waals surface area contributed by atoms with E-state index in [2.05, 4.69) is 5.32 Å². The lowest BCUT2D eigenvalue weighted by Crippen LogP contribution is -2.47. The Morgan fingerprint density at radius 2 is 1.94 bits per heavy atom. The SMILES string of the molecule is COCC(=O)Nc1ccc2c(c1)C(=O)N(C)C[C@H](OC)[C@@H](C)CN(CCC(F)(F)F)[C@@H](C)CO2. The average molecular weight is 490 g/mol. The molecule has 192 valence electrons. The Morgan fingerprint density at radius 1 is 1.24 bits per heavy atom. The first-order valence-corrected chi connectivity index (χ1v) is 11.1. The lowest BCUT2D eigenvalue weighted by atomic mass is 10.0. The van der Waals surface area contributed by atoms with Crippen LogP contribution in [-0.4, -0.2) is 94.1 Å². The maximum absolute atomic E-state index is 13.3. The van der Waals surface area contributed by atoms with Crippen LogP contribution in [-0.2, 0) is 14.3 Å². The molecule has 1 aromatic rings. The van der Waals surface area contributed by atoms with Crippen molar-refractivity contribution in [2.75, 3.05) is 59.4 Å². The van der Waals surface area contributed by atoms with Crippen molar-refractivity contribution in [3.63, 3.8) is 0 Å². The highest BCUT2D eigenvalue weighted by Gasteiger charge is 2.32. The molecule has 2 amide bonds. The molecule has 0 spiro atoms. The maximum Gasteiger partial charge on any atom is 0.390 e. The standard InChI is InChI=1S/C23H34F3N3O5/c1-15-11-29(9-8-23(24,25)26)16(2)13-34-19-7-6-17(27-21(30)14-32-4)10-18(19)22(31)28(3)12-20(15)33-5/h6-7,10,15-16,20H,8-9,11-14H2,1-5H3,(H,27,30)/t15-,16-,20-/m0/s1. The summed E-state index contributed by atoms with van der Waals surface area (Å²) < 4.78 is 55.1. The van der Waals surface area contributed by atoms with Crippen LogP contribution in [0.25, 0.3) is 0 Å². The summed E-state index contributed by atoms with van der Waals surface area (Å²) in [7, 11) is 4.54. The largest absolute Gasteiger partial charge is 0.491 e. The number of likely N-dealkylation sites (N-methyl/N-ethyl adjacent to an activating group) is 1. The number of benzene rings is 1. The van der Waals surface area contributed by atoms with Gasteiger partial charge in [-0.2, -0.15) is 13.2 Å². The first-order chi connectivity index (χ1) is 15.9. The van der Waals surface area contributed by atoms with E-state index in [-0.39, 0.29) is 67.5 Å². The fraction of sp³-hybridized carbons (Fsp3) is 0.652. The topological polar surface area (TPSA) is 80.3 Å². The molecule has 0 radical (unpaired) electrons. The number of nitrogens with zero attached hydrogens (tertiary/aromatic N) is 2. The molecule has 0 unspecified atom stereocenters. The van der Waals surface area contributed by atoms with Gasteiger partial charge in [0.15, 0.2) is 0 Å². The van der Waals surface area contributed by atoms with E-state index in [9.17, 15) is 22.8 Å². The summed E-state index contributed by atoms with van der Waals surface area (Å²) >= 11 is 0. The molecule has 1 heterocycles. The highest BCUT2D eigenvalue weighted by molar-refractivity contribution is 5.99. The third-order valence-electron chi connectivity index (χ3n) is 5.82. The van der Waals surface area contributed by atoms with Gasteiger partial charge in [-0.1, -0.05) is 6.92 Å². The minimum absolute atomic E-state index is 0.0849. The number of hydrogen-bond donors (Lipinski definition) is 1. The predicted octanol–water partition coefficient (Wildman–Crippen LogP) is 3.03. The second-order valence-electron chi connectivity index (χ2n) is 8.65. The van der Waals surface area contributed by atoms with E-state index < -0.39 is 12.6 Å². The van der Waals surface area contributed by atoms with E-state index in [1.54, 1.807) is 31.0 Å². The Balaban J connectivity index is 2.37. The van der Waals surface area contributed by atoms with Crippen molar-refractivity contribution in [2.45, 2.75) is 38.6 Å². The number of ether oxygens (including phenoxy) is 3. The van der Waals surface area contributed by atoms with Crippen molar-refractivity contribution >= 4 is 17.5 Å². The number of alkyl halides is 3. The van der Waals surface area contributed by atoms with Gasteiger partial charge in [-0.3, -0.25) is 14.5 Å². The molecule has 2 rings (SSSR count). The van der Waals surface area contributed by atoms with Gasteiger partial charge in [0.1, 0.15) is 19.0 Å². The van der Waals surface area contributed by atoms with Gasteiger partial charge in [-0.05, 0) is 31.0 Å². The molecular weight excluding hydrogens is 455 g/mol. The van der Waals surface area contributed by atoms with E-state index in [1.807, 2.05) is 6.92 Å². The molecule has 1 aromatic carbocycles. The second kappa shape index (κ2) is 12.4. The van der Waals surface area contributed by atoms with Gasteiger partial charge in [0.25, 0.3) is 5.91 Å². The van der Waals surface area contributed by atoms with Gasteiger partial charge in [-0.15, -0.1) is 0 Å². The number of halogens is 3. The quantitative estimate of drug-likeness (QED) is 0.662. The molecule has 1 N–H and O–H groups in total. The van der Waals surface area contributed by atoms with E-state index >= 15 is 0 Å². The van der Waals surface area contributed by atoms with Crippen molar-refractivity contribution in [3.05, 3.63) is 23.8 Å². The average Bonchev–Trinajstić information content (AvgIpc) is 2.77. The van der Waals surface area contributed by atoms with Gasteiger partial charge in [0, 0.05) is 52.6 Å². The fourth-order valence-corrected chi connectivity index (χ4v) is 3.84. The number of hydrogen-bond acceptors (Lipinski definition) is 6. The van der Waals surface area contributed by atoms with Crippen LogP contribution in [0.4, 0.5) is 18.9 Å². The van der Waals surface area contributed by atoms with Crippen LogP contribution < -0.4 is 10.1 Å². The molecule has 0 saturated heterocycles. The lowest BCUT2D eigenvalue weighted by Gasteiger charge is -2.36. The normalized spacial score (nSPS) is 22.9. The van der Waals surface area contributed by atoms with Crippen LogP contribution in [0.15, 0.2) is 18.2 Å². The lowest BCUT2D eigenvalue weighted by molar-refractivity contribution is -0.140. The Kier molecular flexibility index (Phi) is 10.1. The van der Waals surface area contributed by atoms with Crippen LogP contribution in [0, 0.1) is 5.92 Å². The number of amides is 2. The van der Waals surface area contributed by atoms with Crippen molar-refractivity contribution in [2.24, 2.45) is 5.92 Å². The zero-order valence-corrected chi connectivity index (χ0v) is 20.3. The third kappa shape index (κ3) is 8.14. The first-order valence-electron chi connectivity index (χ1n) is 11.1. The summed E-state index contributed by atoms with van der Waals surface area (Å²) in [5, 5.41) is 2.66. The Morgan fingerprint density at radius 3 is 2.56 bits per heavy atom. The number of methoxy groups -OCH3 is 2. The highest BCUT2D eigenvalue weighted by Crippen LogP contribution is 2.27. The number of anilines is 1. The molecule has 8 nitrogen and oxygen atoms in total. The maximum atomic E-state index is 13.3. The Bertz CT molecular complexity index is 837. The van der Waals surface area contributed by atoms with Crippen molar-refractivity contribution in [3.8, 4) is 5.75 Å². The number of fused-ring (bicyclic) bond motifs is 1. The second-order valence-corrected chi connectivity index (χ2v) is 8.65. The highest BCUT2D eigenvalue weighted by atomic mass is 19.4. The van der Waals surface area contributed by atoms with Gasteiger partial charge in [-0.25, -0.2) is 0 Å². The summed E-state index contributed by atoms with van der Waals surface area (Å²) in [6, 6.07) is 4.34. The number of nitrogens with one attached hydrogen (secondary N) is 1. The summed E-state index contributed by atoms with van der Waals surface area (Å²) in [6.07, 6.45) is -5.58. The molecular formula is C23H34F3N3O5. The molecule has 1 aliphatic rings. The zero-order valence-electron chi connectivity index (χ0n) is 20.3. The smallest absolute Gasteiger partial charge is 0.390 e. The van der Waals surface area contributed by atoms with Crippen LogP contribution in [0.5, 0.6) is 5.75 Å². The monoisotopic (exact) mass is 489 g/mol. The van der Waals surface area contributed by atoms with Crippen LogP contribution in [0.3, 0.4) is 0 Å². The summed E-state index contributed by atoms with van der Waals surface area (Å²) in [5.74, 6) is -0.560. The van der Waals surface area contributed by atoms with Crippen molar-refractivity contribution in [1.82, 2.24) is 9.80 Å². The molecule has 0 saturated carbocycles. The molecule has 0 aliphatic carbocycles. The number of rotatable bonds is 6. The minimum atomic E-state index is -4.27. The first kappa shape index (κ1) is 27.9. The summed E-state index contributed by atoms with van der Waals surface area (Å²) in [5.41, 5.74) is 0.629. The van der Waals surface area contributed by atoms with E-state index in [4.69, 9.17) is 14.2 Å². The zero-order chi connectivity index (χ0) is 25.5. The van der Waals surface area contributed by atoms with Gasteiger partial charge in [0.05, 0.1) is 18.1 Å². The number of carbonyl (C=O) groups is 2. The number of carbonyl (C=O) groups excluding carboxylic acids is 2. The molecule has 0 aromatic heterocycles.